The number of ether oxygens (including phenoxy) is 2. The van der Waals surface area contributed by atoms with Crippen LogP contribution in [-0.4, -0.2) is 43.1 Å². The fraction of sp³-hybridized carbons (Fsp3) is 0.400. The molecule has 0 spiro atoms. The number of aliphatic imine (C=N–C) groups is 1. The Morgan fingerprint density at radius 3 is 2.82 bits per heavy atom. The summed E-state index contributed by atoms with van der Waals surface area (Å²) in [4.78, 5) is 9.83. The second kappa shape index (κ2) is 6.05. The Balaban J connectivity index is 1.77. The molecule has 0 bridgehead atoms. The molecule has 7 nitrogen and oxygen atoms in total. The third-order valence-corrected chi connectivity index (χ3v) is 3.73. The van der Waals surface area contributed by atoms with Crippen LogP contribution in [0.4, 0.5) is 0 Å². The lowest BCUT2D eigenvalue weighted by Gasteiger charge is -2.12. The summed E-state index contributed by atoms with van der Waals surface area (Å²) in [6, 6.07) is 5.63. The summed E-state index contributed by atoms with van der Waals surface area (Å²) >= 11 is 0. The van der Waals surface area contributed by atoms with Crippen LogP contribution in [-0.2, 0) is 4.84 Å². The fourth-order valence-corrected chi connectivity index (χ4v) is 2.59. The molecule has 0 aromatic heterocycles. The molecule has 116 valence electrons. The molecule has 1 atom stereocenters. The van der Waals surface area contributed by atoms with E-state index in [4.69, 9.17) is 19.5 Å². The molecule has 22 heavy (non-hydrogen) atoms. The molecule has 2 aliphatic heterocycles. The third-order valence-electron chi connectivity index (χ3n) is 3.73. The Morgan fingerprint density at radius 1 is 1.27 bits per heavy atom. The van der Waals surface area contributed by atoms with Crippen molar-refractivity contribution in [3.05, 3.63) is 23.8 Å². The molecule has 2 heterocycles. The van der Waals surface area contributed by atoms with Crippen molar-refractivity contribution in [3.8, 4) is 11.5 Å². The summed E-state index contributed by atoms with van der Waals surface area (Å²) in [5.41, 5.74) is 2.86. The van der Waals surface area contributed by atoms with E-state index in [1.807, 2.05) is 18.2 Å². The van der Waals surface area contributed by atoms with Gasteiger partial charge in [-0.1, -0.05) is 16.4 Å². The lowest BCUT2D eigenvalue weighted by molar-refractivity contribution is 0.0855. The molecule has 3 rings (SSSR count). The largest absolute Gasteiger partial charge is 0.493 e. The molecule has 0 saturated carbocycles. The summed E-state index contributed by atoms with van der Waals surface area (Å²) in [6.45, 7) is 0.620. The van der Waals surface area contributed by atoms with Crippen LogP contribution in [0.25, 0.3) is 0 Å². The molecule has 1 aromatic rings. The maximum Gasteiger partial charge on any atom is 0.161 e. The number of hydrogen-bond acceptors (Lipinski definition) is 7. The van der Waals surface area contributed by atoms with Crippen molar-refractivity contribution in [1.29, 1.82) is 0 Å². The Bertz CT molecular complexity index is 667. The van der Waals surface area contributed by atoms with E-state index in [2.05, 4.69) is 15.3 Å². The highest BCUT2D eigenvalue weighted by molar-refractivity contribution is 6.69. The maximum atomic E-state index is 8.99. The van der Waals surface area contributed by atoms with Crippen molar-refractivity contribution < 1.29 is 19.5 Å². The van der Waals surface area contributed by atoms with Crippen molar-refractivity contribution >= 4 is 17.1 Å². The van der Waals surface area contributed by atoms with E-state index in [9.17, 15) is 0 Å². The minimum Gasteiger partial charge on any atom is -0.493 e. The molecule has 2 aliphatic rings. The molecule has 0 amide bonds. The summed E-state index contributed by atoms with van der Waals surface area (Å²) in [5, 5.41) is 16.4. The third kappa shape index (κ3) is 2.49. The van der Waals surface area contributed by atoms with E-state index in [0.717, 1.165) is 5.56 Å². The Kier molecular flexibility index (Phi) is 3.95. The number of rotatable bonds is 4. The number of methoxy groups -OCH3 is 2. The first-order chi connectivity index (χ1) is 10.8. The average Bonchev–Trinajstić information content (AvgIpc) is 3.22. The van der Waals surface area contributed by atoms with Gasteiger partial charge in [-0.15, -0.1) is 0 Å². The van der Waals surface area contributed by atoms with Gasteiger partial charge in [-0.2, -0.15) is 0 Å². The smallest absolute Gasteiger partial charge is 0.161 e. The topological polar surface area (TPSA) is 85.0 Å². The molecule has 0 radical (unpaired) electrons. The van der Waals surface area contributed by atoms with Crippen LogP contribution in [0.1, 0.15) is 24.5 Å². The van der Waals surface area contributed by atoms with Gasteiger partial charge in [0.05, 0.1) is 14.2 Å². The molecular formula is C15H17N3O4. The van der Waals surface area contributed by atoms with Gasteiger partial charge < -0.3 is 19.5 Å². The predicted octanol–water partition coefficient (Wildman–Crippen LogP) is 2.20. The standard InChI is InChI=1S/C15H17N3O4/c1-20-12-4-3-9(7-14(12)21-2)13-8-11(18-22-13)15-10(17-19)5-6-16-15/h3-4,7,13,19H,5-6,8H2,1-2H3/b17-10+. The van der Waals surface area contributed by atoms with Crippen molar-refractivity contribution in [2.45, 2.75) is 18.9 Å². The minimum atomic E-state index is -0.210. The fourth-order valence-electron chi connectivity index (χ4n) is 2.59. The molecular weight excluding hydrogens is 286 g/mol. The zero-order valence-electron chi connectivity index (χ0n) is 12.4. The first-order valence-electron chi connectivity index (χ1n) is 6.97. The number of benzene rings is 1. The van der Waals surface area contributed by atoms with Crippen molar-refractivity contribution in [2.75, 3.05) is 20.8 Å². The van der Waals surface area contributed by atoms with Crippen LogP contribution in [0, 0.1) is 0 Å². The van der Waals surface area contributed by atoms with Crippen molar-refractivity contribution in [2.24, 2.45) is 15.3 Å². The lowest BCUT2D eigenvalue weighted by atomic mass is 10.00. The summed E-state index contributed by atoms with van der Waals surface area (Å²) in [5.74, 6) is 1.31. The van der Waals surface area contributed by atoms with Gasteiger partial charge in [-0.25, -0.2) is 0 Å². The van der Waals surface area contributed by atoms with E-state index >= 15 is 0 Å². The van der Waals surface area contributed by atoms with Crippen LogP contribution in [0.5, 0.6) is 11.5 Å². The highest BCUT2D eigenvalue weighted by Crippen LogP contribution is 2.34. The van der Waals surface area contributed by atoms with Gasteiger partial charge >= 0.3 is 0 Å². The maximum absolute atomic E-state index is 8.99. The summed E-state index contributed by atoms with van der Waals surface area (Å²) < 4.78 is 10.5. The predicted molar refractivity (Wildman–Crippen MR) is 81.6 cm³/mol. The SMILES string of the molecule is COc1ccc(C2CC(C3=NCC/C3=N\O)=NO2)cc1OC. The van der Waals surface area contributed by atoms with E-state index < -0.39 is 0 Å². The number of oxime groups is 2. The average molecular weight is 303 g/mol. The van der Waals surface area contributed by atoms with E-state index in [1.165, 1.54) is 0 Å². The quantitative estimate of drug-likeness (QED) is 0.682. The molecule has 7 heteroatoms. The second-order valence-electron chi connectivity index (χ2n) is 4.98. The normalized spacial score (nSPS) is 22.3. The summed E-state index contributed by atoms with van der Waals surface area (Å²) in [6.07, 6.45) is 0.997. The van der Waals surface area contributed by atoms with Crippen LogP contribution in [0.2, 0.25) is 0 Å². The van der Waals surface area contributed by atoms with Crippen LogP contribution in [0.3, 0.4) is 0 Å². The van der Waals surface area contributed by atoms with Crippen LogP contribution >= 0.6 is 0 Å². The van der Waals surface area contributed by atoms with Crippen molar-refractivity contribution in [3.63, 3.8) is 0 Å². The first kappa shape index (κ1) is 14.4. The van der Waals surface area contributed by atoms with Gasteiger partial charge in [0.15, 0.2) is 17.6 Å². The lowest BCUT2D eigenvalue weighted by Crippen LogP contribution is -2.19. The van der Waals surface area contributed by atoms with Crippen molar-refractivity contribution in [1.82, 2.24) is 0 Å². The first-order valence-corrected chi connectivity index (χ1v) is 6.97. The highest BCUT2D eigenvalue weighted by atomic mass is 16.6. The van der Waals surface area contributed by atoms with Gasteiger partial charge in [0.1, 0.15) is 17.1 Å². The van der Waals surface area contributed by atoms with Gasteiger partial charge in [0.25, 0.3) is 0 Å². The molecule has 1 unspecified atom stereocenters. The second-order valence-corrected chi connectivity index (χ2v) is 4.98. The zero-order chi connectivity index (χ0) is 15.5. The molecule has 1 aromatic carbocycles. The van der Waals surface area contributed by atoms with Crippen LogP contribution < -0.4 is 9.47 Å². The number of hydrogen-bond donors (Lipinski definition) is 1. The molecule has 1 N–H and O–H groups in total. The molecule has 0 aliphatic carbocycles. The molecule has 0 fully saturated rings. The van der Waals surface area contributed by atoms with Gasteiger partial charge in [-0.3, -0.25) is 4.99 Å². The van der Waals surface area contributed by atoms with E-state index in [1.54, 1.807) is 14.2 Å². The number of nitrogens with zero attached hydrogens (tertiary/aromatic N) is 3. The van der Waals surface area contributed by atoms with Gasteiger partial charge in [0.2, 0.25) is 0 Å². The zero-order valence-corrected chi connectivity index (χ0v) is 12.4. The minimum absolute atomic E-state index is 0.210. The highest BCUT2D eigenvalue weighted by Gasteiger charge is 2.30. The molecule has 0 saturated heterocycles. The van der Waals surface area contributed by atoms with Gasteiger partial charge in [-0.05, 0) is 17.7 Å². The monoisotopic (exact) mass is 303 g/mol. The van der Waals surface area contributed by atoms with E-state index in [0.29, 0.717) is 48.0 Å². The summed E-state index contributed by atoms with van der Waals surface area (Å²) in [7, 11) is 3.19. The Labute approximate surface area is 127 Å². The van der Waals surface area contributed by atoms with Gasteiger partial charge in [0, 0.05) is 19.4 Å². The Hall–Kier alpha value is -2.57. The Morgan fingerprint density at radius 2 is 2.09 bits per heavy atom. The van der Waals surface area contributed by atoms with Crippen LogP contribution in [0.15, 0.2) is 33.5 Å². The van der Waals surface area contributed by atoms with E-state index in [-0.39, 0.29) is 6.10 Å².